The molecular weight excluding hydrogens is 182 g/mol. The molecule has 1 atom stereocenters. The highest BCUT2D eigenvalue weighted by molar-refractivity contribution is 5.96. The van der Waals surface area contributed by atoms with Crippen LogP contribution in [0.15, 0.2) is 12.3 Å². The van der Waals surface area contributed by atoms with Crippen LogP contribution >= 0.6 is 0 Å². The number of methoxy groups -OCH3 is 1. The second-order valence-electron chi connectivity index (χ2n) is 3.39. The van der Waals surface area contributed by atoms with Crippen LogP contribution in [-0.2, 0) is 14.3 Å². The standard InChI is InChI=1S/C10H17NO3/c1-7(10(13)14-5)6-9(12)8(2)11(3)4/h7H,2,6H2,1,3-5H3. The first-order valence-electron chi connectivity index (χ1n) is 4.37. The number of likely N-dealkylation sites (N-methyl/N-ethyl adjacent to an activating group) is 1. The summed E-state index contributed by atoms with van der Waals surface area (Å²) in [4.78, 5) is 24.1. The van der Waals surface area contributed by atoms with E-state index < -0.39 is 5.92 Å². The van der Waals surface area contributed by atoms with Gasteiger partial charge in [0.25, 0.3) is 0 Å². The quantitative estimate of drug-likeness (QED) is 0.486. The third-order valence-corrected chi connectivity index (χ3v) is 1.96. The number of carbonyl (C=O) groups excluding carboxylic acids is 2. The number of hydrogen-bond donors (Lipinski definition) is 0. The van der Waals surface area contributed by atoms with Crippen molar-refractivity contribution in [1.82, 2.24) is 4.90 Å². The highest BCUT2D eigenvalue weighted by atomic mass is 16.5. The predicted molar refractivity (Wildman–Crippen MR) is 53.6 cm³/mol. The Morgan fingerprint density at radius 1 is 1.43 bits per heavy atom. The fraction of sp³-hybridized carbons (Fsp3) is 0.600. The summed E-state index contributed by atoms with van der Waals surface area (Å²) >= 11 is 0. The van der Waals surface area contributed by atoms with Crippen molar-refractivity contribution in [1.29, 1.82) is 0 Å². The minimum absolute atomic E-state index is 0.132. The Labute approximate surface area is 84.5 Å². The molecule has 0 fully saturated rings. The van der Waals surface area contributed by atoms with Crippen molar-refractivity contribution in [2.75, 3.05) is 21.2 Å². The predicted octanol–water partition coefficient (Wildman–Crippen LogP) is 0.830. The number of ketones is 1. The molecule has 0 spiro atoms. The molecule has 0 aromatic carbocycles. The molecule has 0 N–H and O–H groups in total. The normalized spacial score (nSPS) is 11.7. The van der Waals surface area contributed by atoms with E-state index in [2.05, 4.69) is 11.3 Å². The van der Waals surface area contributed by atoms with Gasteiger partial charge in [-0.3, -0.25) is 9.59 Å². The molecule has 4 nitrogen and oxygen atoms in total. The molecule has 0 saturated heterocycles. The van der Waals surface area contributed by atoms with E-state index in [1.807, 2.05) is 0 Å². The molecule has 4 heteroatoms. The first-order chi connectivity index (χ1) is 6.40. The zero-order valence-electron chi connectivity index (χ0n) is 9.16. The molecule has 0 aromatic heterocycles. The third-order valence-electron chi connectivity index (χ3n) is 1.96. The maximum absolute atomic E-state index is 11.5. The lowest BCUT2D eigenvalue weighted by Crippen LogP contribution is -2.23. The molecule has 14 heavy (non-hydrogen) atoms. The largest absolute Gasteiger partial charge is 0.469 e. The number of ether oxygens (including phenoxy) is 1. The molecule has 0 saturated carbocycles. The molecule has 0 rings (SSSR count). The maximum atomic E-state index is 11.5. The molecule has 0 aliphatic rings. The van der Waals surface area contributed by atoms with Gasteiger partial charge in [0, 0.05) is 20.5 Å². The molecule has 0 radical (unpaired) electrons. The lowest BCUT2D eigenvalue weighted by atomic mass is 10.0. The second-order valence-corrected chi connectivity index (χ2v) is 3.39. The summed E-state index contributed by atoms with van der Waals surface area (Å²) < 4.78 is 4.52. The molecular formula is C10H17NO3. The van der Waals surface area contributed by atoms with E-state index in [1.54, 1.807) is 25.9 Å². The number of Topliss-reactive ketones (excluding diaryl/α,β-unsaturated/α-hetero) is 1. The van der Waals surface area contributed by atoms with Gasteiger partial charge in [-0.25, -0.2) is 0 Å². The van der Waals surface area contributed by atoms with Gasteiger partial charge >= 0.3 is 5.97 Å². The summed E-state index contributed by atoms with van der Waals surface area (Å²) in [6, 6.07) is 0. The van der Waals surface area contributed by atoms with Gasteiger partial charge in [-0.2, -0.15) is 0 Å². The number of esters is 1. The van der Waals surface area contributed by atoms with Crippen LogP contribution < -0.4 is 0 Å². The minimum Gasteiger partial charge on any atom is -0.469 e. The number of nitrogens with zero attached hydrogens (tertiary/aromatic N) is 1. The summed E-state index contributed by atoms with van der Waals surface area (Å²) in [7, 11) is 4.79. The number of rotatable bonds is 5. The summed E-state index contributed by atoms with van der Waals surface area (Å²) in [5.41, 5.74) is 0.403. The van der Waals surface area contributed by atoms with Crippen LogP contribution in [0.2, 0.25) is 0 Å². The van der Waals surface area contributed by atoms with E-state index >= 15 is 0 Å². The van der Waals surface area contributed by atoms with Gasteiger partial charge in [0.1, 0.15) is 0 Å². The van der Waals surface area contributed by atoms with Gasteiger partial charge in [-0.05, 0) is 0 Å². The van der Waals surface area contributed by atoms with Gasteiger partial charge in [0.2, 0.25) is 0 Å². The van der Waals surface area contributed by atoms with E-state index in [-0.39, 0.29) is 18.2 Å². The van der Waals surface area contributed by atoms with Crippen LogP contribution in [0.3, 0.4) is 0 Å². The van der Waals surface area contributed by atoms with Crippen LogP contribution in [0, 0.1) is 5.92 Å². The summed E-state index contributed by atoms with van der Waals surface area (Å²) in [6.07, 6.45) is 0.143. The van der Waals surface area contributed by atoms with Crippen molar-refractivity contribution in [2.24, 2.45) is 5.92 Å². The Bertz CT molecular complexity index is 246. The van der Waals surface area contributed by atoms with Crippen molar-refractivity contribution >= 4 is 11.8 Å². The van der Waals surface area contributed by atoms with Gasteiger partial charge in [-0.1, -0.05) is 13.5 Å². The molecule has 1 unspecified atom stereocenters. The molecule has 0 aromatic rings. The van der Waals surface area contributed by atoms with Gasteiger partial charge in [0.05, 0.1) is 18.7 Å². The molecule has 0 aliphatic carbocycles. The number of carbonyl (C=O) groups is 2. The van der Waals surface area contributed by atoms with E-state index in [0.29, 0.717) is 5.70 Å². The first-order valence-corrected chi connectivity index (χ1v) is 4.37. The summed E-state index contributed by atoms with van der Waals surface area (Å²) in [5, 5.41) is 0. The van der Waals surface area contributed by atoms with Crippen molar-refractivity contribution in [3.8, 4) is 0 Å². The Hall–Kier alpha value is -1.32. The smallest absolute Gasteiger partial charge is 0.308 e. The maximum Gasteiger partial charge on any atom is 0.308 e. The minimum atomic E-state index is -0.413. The molecule has 80 valence electrons. The Morgan fingerprint density at radius 2 is 1.93 bits per heavy atom. The average molecular weight is 199 g/mol. The van der Waals surface area contributed by atoms with E-state index in [1.165, 1.54) is 7.11 Å². The number of allylic oxidation sites excluding steroid dienone is 1. The van der Waals surface area contributed by atoms with Crippen molar-refractivity contribution in [3.05, 3.63) is 12.3 Å². The van der Waals surface area contributed by atoms with Crippen LogP contribution in [0.4, 0.5) is 0 Å². The highest BCUT2D eigenvalue weighted by Gasteiger charge is 2.19. The Morgan fingerprint density at radius 3 is 2.29 bits per heavy atom. The Kier molecular flexibility index (Phi) is 4.91. The van der Waals surface area contributed by atoms with E-state index in [0.717, 1.165) is 0 Å². The van der Waals surface area contributed by atoms with Crippen LogP contribution in [0.1, 0.15) is 13.3 Å². The molecule has 0 bridgehead atoms. The van der Waals surface area contributed by atoms with Crippen molar-refractivity contribution < 1.29 is 14.3 Å². The van der Waals surface area contributed by atoms with Crippen molar-refractivity contribution in [2.45, 2.75) is 13.3 Å². The monoisotopic (exact) mass is 199 g/mol. The van der Waals surface area contributed by atoms with Crippen LogP contribution in [0.25, 0.3) is 0 Å². The fourth-order valence-corrected chi connectivity index (χ4v) is 0.930. The molecule has 0 aliphatic heterocycles. The summed E-state index contributed by atoms with van der Waals surface area (Å²) in [6.45, 7) is 5.28. The van der Waals surface area contributed by atoms with Crippen LogP contribution in [0.5, 0.6) is 0 Å². The Balaban J connectivity index is 4.20. The third kappa shape index (κ3) is 3.60. The zero-order chi connectivity index (χ0) is 11.3. The van der Waals surface area contributed by atoms with E-state index in [4.69, 9.17) is 0 Å². The van der Waals surface area contributed by atoms with Crippen LogP contribution in [-0.4, -0.2) is 37.9 Å². The molecule has 0 amide bonds. The first kappa shape index (κ1) is 12.7. The van der Waals surface area contributed by atoms with E-state index in [9.17, 15) is 9.59 Å². The zero-order valence-corrected chi connectivity index (χ0v) is 9.16. The fourth-order valence-electron chi connectivity index (χ4n) is 0.930. The number of hydrogen-bond acceptors (Lipinski definition) is 4. The lowest BCUT2D eigenvalue weighted by Gasteiger charge is -2.15. The van der Waals surface area contributed by atoms with Gasteiger partial charge in [-0.15, -0.1) is 0 Å². The van der Waals surface area contributed by atoms with Gasteiger partial charge < -0.3 is 9.64 Å². The molecule has 0 heterocycles. The summed E-state index contributed by atoms with van der Waals surface area (Å²) in [5.74, 6) is -0.915. The van der Waals surface area contributed by atoms with Crippen molar-refractivity contribution in [3.63, 3.8) is 0 Å². The highest BCUT2D eigenvalue weighted by Crippen LogP contribution is 2.09. The second kappa shape index (κ2) is 5.42. The lowest BCUT2D eigenvalue weighted by molar-refractivity contribution is -0.146. The van der Waals surface area contributed by atoms with Gasteiger partial charge in [0.15, 0.2) is 5.78 Å². The average Bonchev–Trinajstić information content (AvgIpc) is 2.14. The SMILES string of the molecule is C=C(C(=O)CC(C)C(=O)OC)N(C)C. The topological polar surface area (TPSA) is 46.6 Å².